The number of hydrogen-bond acceptors (Lipinski definition) is 5. The fourth-order valence-corrected chi connectivity index (χ4v) is 5.78. The number of benzene rings is 1. The van der Waals surface area contributed by atoms with Gasteiger partial charge in [-0.05, 0) is 69.3 Å². The van der Waals surface area contributed by atoms with Crippen molar-refractivity contribution in [1.82, 2.24) is 9.80 Å². The third kappa shape index (κ3) is 5.92. The zero-order valence-electron chi connectivity index (χ0n) is 19.8. The fourth-order valence-electron chi connectivity index (χ4n) is 4.27. The predicted octanol–water partition coefficient (Wildman–Crippen LogP) is 4.98. The van der Waals surface area contributed by atoms with E-state index < -0.39 is 5.97 Å². The summed E-state index contributed by atoms with van der Waals surface area (Å²) in [7, 11) is 1.35. The summed E-state index contributed by atoms with van der Waals surface area (Å²) in [6.45, 7) is 8.64. The minimum atomic E-state index is -0.464. The molecule has 1 fully saturated rings. The van der Waals surface area contributed by atoms with Gasteiger partial charge in [-0.25, -0.2) is 4.79 Å². The van der Waals surface area contributed by atoms with Crippen LogP contribution in [0.15, 0.2) is 30.3 Å². The van der Waals surface area contributed by atoms with Gasteiger partial charge in [0.2, 0.25) is 0 Å². The van der Waals surface area contributed by atoms with Crippen LogP contribution in [0, 0.1) is 12.8 Å². The van der Waals surface area contributed by atoms with Gasteiger partial charge in [-0.1, -0.05) is 30.3 Å². The number of ether oxygens (including phenoxy) is 1. The van der Waals surface area contributed by atoms with E-state index in [4.69, 9.17) is 17.0 Å². The molecule has 6 nitrogen and oxygen atoms in total. The van der Waals surface area contributed by atoms with E-state index in [0.29, 0.717) is 45.1 Å². The number of piperidine rings is 1. The molecular formula is C25H33N3O3S2. The van der Waals surface area contributed by atoms with E-state index in [-0.39, 0.29) is 5.91 Å². The number of esters is 1. The van der Waals surface area contributed by atoms with Crippen molar-refractivity contribution in [2.24, 2.45) is 5.92 Å². The number of methoxy groups -OCH3 is 1. The monoisotopic (exact) mass is 487 g/mol. The number of carbonyl (C=O) groups excluding carboxylic acids is 2. The molecule has 3 rings (SSSR count). The van der Waals surface area contributed by atoms with Gasteiger partial charge in [-0.3, -0.25) is 4.79 Å². The summed E-state index contributed by atoms with van der Waals surface area (Å²) in [5.41, 5.74) is 2.40. The maximum absolute atomic E-state index is 13.0. The van der Waals surface area contributed by atoms with Crippen LogP contribution >= 0.6 is 23.6 Å². The molecule has 2 heterocycles. The Labute approximate surface area is 205 Å². The fraction of sp³-hybridized carbons (Fsp3) is 0.480. The van der Waals surface area contributed by atoms with E-state index >= 15 is 0 Å². The highest BCUT2D eigenvalue weighted by molar-refractivity contribution is 7.80. The Morgan fingerprint density at radius 1 is 1.18 bits per heavy atom. The van der Waals surface area contributed by atoms with Crippen molar-refractivity contribution in [1.29, 1.82) is 0 Å². The molecule has 0 atom stereocenters. The van der Waals surface area contributed by atoms with E-state index in [1.165, 1.54) is 24.0 Å². The summed E-state index contributed by atoms with van der Waals surface area (Å²) in [6.07, 6.45) is 3.22. The summed E-state index contributed by atoms with van der Waals surface area (Å²) in [5, 5.41) is 4.42. The average Bonchev–Trinajstić information content (AvgIpc) is 3.15. The number of rotatable bonds is 7. The molecule has 8 heteroatoms. The Hall–Kier alpha value is -2.45. The third-order valence-corrected chi connectivity index (χ3v) is 7.83. The highest BCUT2D eigenvalue weighted by atomic mass is 32.1. The van der Waals surface area contributed by atoms with Crippen molar-refractivity contribution in [2.75, 3.05) is 38.6 Å². The maximum Gasteiger partial charge on any atom is 0.341 e. The normalized spacial score (nSPS) is 14.1. The van der Waals surface area contributed by atoms with Gasteiger partial charge in [0, 0.05) is 26.2 Å². The lowest BCUT2D eigenvalue weighted by Gasteiger charge is -2.33. The summed E-state index contributed by atoms with van der Waals surface area (Å²) in [6, 6.07) is 10.6. The van der Waals surface area contributed by atoms with Gasteiger partial charge in [0.15, 0.2) is 5.11 Å². The van der Waals surface area contributed by atoms with Gasteiger partial charge in [0.1, 0.15) is 5.00 Å². The molecule has 0 unspecified atom stereocenters. The van der Waals surface area contributed by atoms with Gasteiger partial charge >= 0.3 is 5.97 Å². The molecule has 1 N–H and O–H groups in total. The van der Waals surface area contributed by atoms with E-state index in [1.807, 2.05) is 19.9 Å². The van der Waals surface area contributed by atoms with Crippen LogP contribution < -0.4 is 5.32 Å². The topological polar surface area (TPSA) is 61.9 Å². The van der Waals surface area contributed by atoms with Crippen LogP contribution in [-0.2, 0) is 11.2 Å². The molecule has 0 aliphatic carbocycles. The Morgan fingerprint density at radius 2 is 1.82 bits per heavy atom. The van der Waals surface area contributed by atoms with E-state index in [1.54, 1.807) is 11.8 Å². The van der Waals surface area contributed by atoms with E-state index in [9.17, 15) is 9.59 Å². The van der Waals surface area contributed by atoms with Crippen molar-refractivity contribution in [3.05, 3.63) is 51.9 Å². The number of carbonyl (C=O) groups is 2. The van der Waals surface area contributed by atoms with E-state index in [2.05, 4.69) is 34.5 Å². The van der Waals surface area contributed by atoms with Crippen LogP contribution in [0.5, 0.6) is 0 Å². The molecule has 0 bridgehead atoms. The maximum atomic E-state index is 13.0. The molecule has 0 radical (unpaired) electrons. The molecule has 1 aromatic heterocycles. The molecule has 0 spiro atoms. The van der Waals surface area contributed by atoms with Crippen LogP contribution in [0.1, 0.15) is 57.8 Å². The smallest absolute Gasteiger partial charge is 0.341 e. The summed E-state index contributed by atoms with van der Waals surface area (Å²) in [5.74, 6) is 0.0990. The van der Waals surface area contributed by atoms with Crippen molar-refractivity contribution in [3.63, 3.8) is 0 Å². The highest BCUT2D eigenvalue weighted by Gasteiger charge is 2.29. The van der Waals surface area contributed by atoms with Crippen molar-refractivity contribution in [3.8, 4) is 0 Å². The molecule has 0 saturated carbocycles. The Kier molecular flexibility index (Phi) is 8.86. The Balaban J connectivity index is 1.70. The standard InChI is InChI=1S/C25H33N3O3S2/c1-5-27(6-2)23(29)21-17(3)20(24(30)31-4)22(33-21)26-25(32)28-14-12-19(13-15-28)16-18-10-8-7-9-11-18/h7-11,19H,5-6,12-16H2,1-4H3,(H,26,32). The Bertz CT molecular complexity index is 978. The number of thiocarbonyl (C=S) groups is 1. The summed E-state index contributed by atoms with van der Waals surface area (Å²) in [4.78, 5) is 30.0. The first kappa shape index (κ1) is 25.2. The van der Waals surface area contributed by atoms with Crippen LogP contribution in [0.4, 0.5) is 5.00 Å². The van der Waals surface area contributed by atoms with Crippen LogP contribution in [0.25, 0.3) is 0 Å². The van der Waals surface area contributed by atoms with Gasteiger partial charge in [-0.15, -0.1) is 11.3 Å². The minimum Gasteiger partial charge on any atom is -0.465 e. The van der Waals surface area contributed by atoms with Crippen molar-refractivity contribution < 1.29 is 14.3 Å². The van der Waals surface area contributed by atoms with Crippen LogP contribution in [0.3, 0.4) is 0 Å². The first-order valence-corrected chi connectivity index (χ1v) is 12.7. The molecule has 1 saturated heterocycles. The number of likely N-dealkylation sites (tertiary alicyclic amines) is 1. The first-order chi connectivity index (χ1) is 15.9. The van der Waals surface area contributed by atoms with Crippen LogP contribution in [0.2, 0.25) is 0 Å². The van der Waals surface area contributed by atoms with Crippen molar-refractivity contribution >= 4 is 45.5 Å². The second-order valence-corrected chi connectivity index (χ2v) is 9.69. The predicted molar refractivity (Wildman–Crippen MR) is 138 cm³/mol. The lowest BCUT2D eigenvalue weighted by molar-refractivity contribution is 0.0601. The number of nitrogens with zero attached hydrogens (tertiary/aromatic N) is 2. The van der Waals surface area contributed by atoms with Gasteiger partial charge < -0.3 is 19.9 Å². The SMILES string of the molecule is CCN(CC)C(=O)c1sc(NC(=S)N2CCC(Cc3ccccc3)CC2)c(C(=O)OC)c1C. The van der Waals surface area contributed by atoms with Gasteiger partial charge in [-0.2, -0.15) is 0 Å². The highest BCUT2D eigenvalue weighted by Crippen LogP contribution is 2.35. The number of anilines is 1. The third-order valence-electron chi connectivity index (χ3n) is 6.27. The van der Waals surface area contributed by atoms with Gasteiger partial charge in [0.05, 0.1) is 17.6 Å². The zero-order valence-corrected chi connectivity index (χ0v) is 21.5. The molecule has 2 aromatic rings. The number of hydrogen-bond donors (Lipinski definition) is 1. The molecule has 1 aromatic carbocycles. The average molecular weight is 488 g/mol. The molecule has 1 amide bonds. The second kappa shape index (κ2) is 11.6. The second-order valence-electron chi connectivity index (χ2n) is 8.28. The summed E-state index contributed by atoms with van der Waals surface area (Å²) < 4.78 is 5.01. The lowest BCUT2D eigenvalue weighted by Crippen LogP contribution is -2.41. The number of amides is 1. The lowest BCUT2D eigenvalue weighted by atomic mass is 9.90. The van der Waals surface area contributed by atoms with E-state index in [0.717, 1.165) is 32.4 Å². The molecule has 33 heavy (non-hydrogen) atoms. The molecule has 1 aliphatic heterocycles. The quantitative estimate of drug-likeness (QED) is 0.439. The Morgan fingerprint density at radius 3 is 2.39 bits per heavy atom. The van der Waals surface area contributed by atoms with Gasteiger partial charge in [0.25, 0.3) is 5.91 Å². The van der Waals surface area contributed by atoms with Crippen molar-refractivity contribution in [2.45, 2.75) is 40.0 Å². The first-order valence-electron chi connectivity index (χ1n) is 11.5. The number of thiophene rings is 1. The molecule has 178 valence electrons. The molecule has 1 aliphatic rings. The summed E-state index contributed by atoms with van der Waals surface area (Å²) >= 11 is 6.97. The largest absolute Gasteiger partial charge is 0.465 e. The number of nitrogens with one attached hydrogen (secondary N) is 1. The minimum absolute atomic E-state index is 0.0756. The molecular weight excluding hydrogens is 454 g/mol. The zero-order chi connectivity index (χ0) is 24.0. The van der Waals surface area contributed by atoms with Crippen LogP contribution in [-0.4, -0.2) is 60.1 Å².